The Labute approximate surface area is 211 Å². The first-order valence-corrected chi connectivity index (χ1v) is 13.1. The van der Waals surface area contributed by atoms with Gasteiger partial charge in [0, 0.05) is 23.6 Å². The Morgan fingerprint density at radius 1 is 1.24 bits per heavy atom. The van der Waals surface area contributed by atoms with Crippen molar-refractivity contribution < 1.29 is 67.7 Å². The molecule has 0 saturated carbocycles. The van der Waals surface area contributed by atoms with E-state index >= 15 is 0 Å². The molecule has 0 amide bonds. The number of ether oxygens (including phenoxy) is 1. The van der Waals surface area contributed by atoms with Crippen molar-refractivity contribution in [3.05, 3.63) is 43.5 Å². The molecule has 0 radical (unpaired) electrons. The first-order valence-electron chi connectivity index (χ1n) is 10.1. The van der Waals surface area contributed by atoms with Crippen LogP contribution < -0.4 is 11.2 Å². The maximum absolute atomic E-state index is 11.5. The van der Waals surface area contributed by atoms with Crippen molar-refractivity contribution in [2.24, 2.45) is 5.11 Å². The van der Waals surface area contributed by atoms with Crippen molar-refractivity contribution >= 4 is 21.9 Å². The topological polar surface area (TPSA) is 344 Å². The van der Waals surface area contributed by atoms with Crippen molar-refractivity contribution in [1.29, 1.82) is 0 Å². The number of hydrogen-bond donors (Lipinski definition) is 9. The number of aliphatic hydroxyl groups excluding tert-OH is 5. The highest BCUT2D eigenvalue weighted by molar-refractivity contribution is 7.60. The Kier molecular flexibility index (Phi) is 13.1. The van der Waals surface area contributed by atoms with Gasteiger partial charge in [-0.25, -0.2) is 13.9 Å². The SMILES string of the molecule is O=C[C@H](O)[C@@H](O)[C@H](O)[C@@H](CO)OP(=O)(O)OP(=O)(O)O.[N-]=[N+]=N[C@H]1C[C@H](n2ccc(=O)[nH]c2=O)O[C@@H]1CO. The molecule has 2 heterocycles. The van der Waals surface area contributed by atoms with Gasteiger partial charge in [0.15, 0.2) is 6.29 Å². The zero-order valence-corrected chi connectivity index (χ0v) is 20.7. The Morgan fingerprint density at radius 3 is 2.34 bits per heavy atom. The fraction of sp³-hybridized carbons (Fsp3) is 0.667. The first kappa shape index (κ1) is 33.7. The Balaban J connectivity index is 0.000000381. The summed E-state index contributed by atoms with van der Waals surface area (Å²) in [6.07, 6.45) is -8.45. The number of nitrogens with one attached hydrogen (secondary N) is 1. The number of aromatic nitrogens is 2. The minimum atomic E-state index is -5.40. The van der Waals surface area contributed by atoms with Gasteiger partial charge in [0.25, 0.3) is 5.56 Å². The van der Waals surface area contributed by atoms with Gasteiger partial charge in [-0.05, 0) is 5.53 Å². The number of carbonyl (C=O) groups excluding carboxylic acids is 1. The molecule has 0 bridgehead atoms. The minimum absolute atomic E-state index is 0.160. The molecule has 1 aliphatic rings. The second-order valence-electron chi connectivity index (χ2n) is 7.31. The Hall–Kier alpha value is -2.32. The van der Waals surface area contributed by atoms with Crippen molar-refractivity contribution in [3.63, 3.8) is 0 Å². The molecule has 1 fully saturated rings. The predicted molar refractivity (Wildman–Crippen MR) is 119 cm³/mol. The van der Waals surface area contributed by atoms with E-state index in [2.05, 4.69) is 23.8 Å². The van der Waals surface area contributed by atoms with E-state index in [0.29, 0.717) is 0 Å². The number of phosphoric ester groups is 1. The van der Waals surface area contributed by atoms with Crippen LogP contribution >= 0.6 is 15.6 Å². The van der Waals surface area contributed by atoms with Crippen molar-refractivity contribution in [2.45, 2.75) is 49.2 Å². The maximum atomic E-state index is 11.5. The van der Waals surface area contributed by atoms with Gasteiger partial charge in [0.2, 0.25) is 0 Å². The number of carbonyl (C=O) groups is 1. The van der Waals surface area contributed by atoms with Gasteiger partial charge in [-0.2, -0.15) is 4.31 Å². The van der Waals surface area contributed by atoms with Gasteiger partial charge >= 0.3 is 21.3 Å². The van der Waals surface area contributed by atoms with E-state index in [1.165, 1.54) is 16.8 Å². The minimum Gasteiger partial charge on any atom is -0.394 e. The van der Waals surface area contributed by atoms with Crippen molar-refractivity contribution in [1.82, 2.24) is 9.55 Å². The van der Waals surface area contributed by atoms with Crippen LogP contribution in [-0.4, -0.2) is 106 Å². The number of hydrogen-bond acceptors (Lipinski definition) is 14. The lowest BCUT2D eigenvalue weighted by molar-refractivity contribution is -0.135. The molecule has 1 unspecified atom stereocenters. The van der Waals surface area contributed by atoms with Gasteiger partial charge in [0.1, 0.15) is 30.6 Å². The molecule has 23 heteroatoms. The highest BCUT2D eigenvalue weighted by Crippen LogP contribution is 2.58. The van der Waals surface area contributed by atoms with Crippen molar-refractivity contribution in [2.75, 3.05) is 13.2 Å². The van der Waals surface area contributed by atoms with Crippen LogP contribution in [-0.2, 0) is 27.5 Å². The lowest BCUT2D eigenvalue weighted by atomic mass is 10.0. The second kappa shape index (κ2) is 14.7. The second-order valence-corrected chi connectivity index (χ2v) is 10.1. The molecule has 216 valence electrons. The number of aliphatic hydroxyl groups is 5. The molecule has 9 N–H and O–H groups in total. The third-order valence-corrected chi connectivity index (χ3v) is 6.84. The van der Waals surface area contributed by atoms with Gasteiger partial charge in [-0.1, -0.05) is 5.11 Å². The fourth-order valence-corrected chi connectivity index (χ4v) is 4.69. The molecule has 38 heavy (non-hydrogen) atoms. The normalized spacial score (nSPS) is 24.1. The molecule has 1 aromatic heterocycles. The van der Waals surface area contributed by atoms with E-state index in [4.69, 9.17) is 40.3 Å². The molecule has 0 aliphatic carbocycles. The van der Waals surface area contributed by atoms with Crippen LogP contribution in [0.3, 0.4) is 0 Å². The molecular formula is C15H25N5O16P2. The monoisotopic (exact) mass is 593 g/mol. The average Bonchev–Trinajstić information content (AvgIpc) is 3.22. The summed E-state index contributed by atoms with van der Waals surface area (Å²) in [5, 5.41) is 49.0. The number of nitrogens with zero attached hydrogens (tertiary/aromatic N) is 4. The number of phosphoric acid groups is 2. The van der Waals surface area contributed by atoms with Crippen molar-refractivity contribution in [3.8, 4) is 0 Å². The smallest absolute Gasteiger partial charge is 0.394 e. The summed E-state index contributed by atoms with van der Waals surface area (Å²) in [5.41, 5.74) is 7.29. The van der Waals surface area contributed by atoms with E-state index in [0.717, 1.165) is 0 Å². The number of aromatic amines is 1. The number of azide groups is 1. The van der Waals surface area contributed by atoms with Crippen LogP contribution in [0.25, 0.3) is 10.4 Å². The lowest BCUT2D eigenvalue weighted by Crippen LogP contribution is -2.47. The van der Waals surface area contributed by atoms with E-state index < -0.39 is 76.3 Å². The molecule has 2 rings (SSSR count). The zero-order chi connectivity index (χ0) is 29.3. The molecule has 0 spiro atoms. The summed E-state index contributed by atoms with van der Waals surface area (Å²) < 4.78 is 35.6. The van der Waals surface area contributed by atoms with Gasteiger partial charge in [-0.3, -0.25) is 18.9 Å². The molecule has 21 nitrogen and oxygen atoms in total. The van der Waals surface area contributed by atoms with Gasteiger partial charge in [0.05, 0.1) is 25.4 Å². The van der Waals surface area contributed by atoms with E-state index in [1.807, 2.05) is 0 Å². The third kappa shape index (κ3) is 10.4. The summed E-state index contributed by atoms with van der Waals surface area (Å²) >= 11 is 0. The highest BCUT2D eigenvalue weighted by atomic mass is 31.3. The average molecular weight is 593 g/mol. The zero-order valence-electron chi connectivity index (χ0n) is 18.9. The summed E-state index contributed by atoms with van der Waals surface area (Å²) in [6.45, 7) is -1.50. The van der Waals surface area contributed by atoms with Crippen LogP contribution in [0, 0.1) is 0 Å². The lowest BCUT2D eigenvalue weighted by Gasteiger charge is -2.27. The van der Waals surface area contributed by atoms with E-state index in [1.54, 1.807) is 0 Å². The maximum Gasteiger partial charge on any atom is 0.481 e. The quantitative estimate of drug-likeness (QED) is 0.0371. The standard InChI is InChI=1S/C9H11N5O4.C6H14O12P2/c10-13-12-5-3-8(18-6(5)4-15)14-2-1-7(16)11-9(14)17;7-1-3(9)5(10)6(11)4(2-8)17-20(15,16)18-19(12,13)14/h1-2,5-6,8,15H,3-4H2,(H,11,16,17);1,3-6,8-11H,2H2,(H,15,16)(H2,12,13,14)/t5-,6+,8+;3-,4+,5+,6+/m00/s1. The van der Waals surface area contributed by atoms with E-state index in [9.17, 15) is 33.7 Å². The molecule has 1 saturated heterocycles. The summed E-state index contributed by atoms with van der Waals surface area (Å²) in [4.78, 5) is 63.0. The Bertz CT molecular complexity index is 1180. The molecular weight excluding hydrogens is 568 g/mol. The van der Waals surface area contributed by atoms with Gasteiger partial charge in [-0.15, -0.1) is 0 Å². The third-order valence-electron chi connectivity index (χ3n) is 4.62. The molecule has 8 atom stereocenters. The van der Waals surface area contributed by atoms with Crippen LogP contribution in [0.1, 0.15) is 12.6 Å². The Morgan fingerprint density at radius 2 is 1.87 bits per heavy atom. The number of H-pyrrole nitrogens is 1. The summed E-state index contributed by atoms with van der Waals surface area (Å²) in [5.74, 6) is 0. The van der Waals surface area contributed by atoms with E-state index in [-0.39, 0.29) is 19.3 Å². The van der Waals surface area contributed by atoms with Crippen LogP contribution in [0.4, 0.5) is 0 Å². The fourth-order valence-electron chi connectivity index (χ4n) is 2.92. The summed E-state index contributed by atoms with van der Waals surface area (Å²) in [6, 6.07) is 0.656. The number of rotatable bonds is 12. The molecule has 0 aromatic carbocycles. The predicted octanol–water partition coefficient (Wildman–Crippen LogP) is -3.65. The molecule has 1 aromatic rings. The molecule has 1 aliphatic heterocycles. The van der Waals surface area contributed by atoms with Crippen LogP contribution in [0.15, 0.2) is 27.0 Å². The van der Waals surface area contributed by atoms with Crippen LogP contribution in [0.2, 0.25) is 0 Å². The summed E-state index contributed by atoms with van der Waals surface area (Å²) in [7, 11) is -10.8. The largest absolute Gasteiger partial charge is 0.481 e. The number of aldehydes is 1. The first-order chi connectivity index (χ1) is 17.6. The highest BCUT2D eigenvalue weighted by Gasteiger charge is 2.40. The van der Waals surface area contributed by atoms with Gasteiger partial charge < -0.3 is 49.7 Å². The van der Waals surface area contributed by atoms with Crippen LogP contribution in [0.5, 0.6) is 0 Å².